The number of nitrogens with one attached hydrogen (secondary N) is 1. The van der Waals surface area contributed by atoms with Crippen molar-refractivity contribution in [3.63, 3.8) is 0 Å². The molecule has 0 fully saturated rings. The lowest BCUT2D eigenvalue weighted by Crippen LogP contribution is -2.28. The Morgan fingerprint density at radius 2 is 2.07 bits per heavy atom. The summed E-state index contributed by atoms with van der Waals surface area (Å²) in [6.45, 7) is 3.63. The third kappa shape index (κ3) is 4.05. The highest BCUT2D eigenvalue weighted by molar-refractivity contribution is 5.92. The van der Waals surface area contributed by atoms with Crippen LogP contribution in [0.4, 0.5) is 13.2 Å². The summed E-state index contributed by atoms with van der Waals surface area (Å²) in [5.74, 6) is -0.329. The second-order valence-corrected chi connectivity index (χ2v) is 6.24. The Morgan fingerprint density at radius 3 is 2.71 bits per heavy atom. The molecule has 1 amide bonds. The van der Waals surface area contributed by atoms with Crippen LogP contribution < -0.4 is 5.32 Å². The van der Waals surface area contributed by atoms with Crippen molar-refractivity contribution < 1.29 is 22.5 Å². The number of aromatic nitrogens is 4. The molecule has 0 aliphatic rings. The number of rotatable bonds is 5. The van der Waals surface area contributed by atoms with E-state index in [2.05, 4.69) is 20.6 Å². The molecule has 7 nitrogen and oxygen atoms in total. The summed E-state index contributed by atoms with van der Waals surface area (Å²) in [6, 6.07) is 5.45. The lowest BCUT2D eigenvalue weighted by molar-refractivity contribution is -0.141. The first-order valence-corrected chi connectivity index (χ1v) is 8.53. The highest BCUT2D eigenvalue weighted by Crippen LogP contribution is 2.28. The molecule has 3 aromatic rings. The standard InChI is InChI=1S/C18H18F3N5O2/c1-4-12-7-11(5-6-22-12)13-8-15(28-25-13)10(2)23-17(27)14-9-16(18(19,20)21)24-26(14)3/h5-10H,4H2,1-3H3,(H,23,27). The van der Waals surface area contributed by atoms with Gasteiger partial charge in [0.2, 0.25) is 0 Å². The van der Waals surface area contributed by atoms with Crippen molar-refractivity contribution in [1.82, 2.24) is 25.2 Å². The molecule has 0 radical (unpaired) electrons. The van der Waals surface area contributed by atoms with Crippen LogP contribution in [0.5, 0.6) is 0 Å². The van der Waals surface area contributed by atoms with Crippen molar-refractivity contribution in [2.45, 2.75) is 32.5 Å². The Kier molecular flexibility index (Phi) is 5.21. The Morgan fingerprint density at radius 1 is 1.32 bits per heavy atom. The van der Waals surface area contributed by atoms with Crippen LogP contribution in [-0.4, -0.2) is 25.8 Å². The number of aryl methyl sites for hydroxylation is 2. The van der Waals surface area contributed by atoms with Crippen molar-refractivity contribution >= 4 is 5.91 Å². The first-order chi connectivity index (χ1) is 13.2. The smallest absolute Gasteiger partial charge is 0.359 e. The minimum Gasteiger partial charge on any atom is -0.359 e. The van der Waals surface area contributed by atoms with E-state index in [0.29, 0.717) is 17.5 Å². The Labute approximate surface area is 158 Å². The van der Waals surface area contributed by atoms with Crippen LogP contribution in [-0.2, 0) is 19.6 Å². The van der Waals surface area contributed by atoms with E-state index in [0.717, 1.165) is 22.4 Å². The van der Waals surface area contributed by atoms with Gasteiger partial charge in [-0.3, -0.25) is 14.5 Å². The van der Waals surface area contributed by atoms with E-state index in [1.807, 2.05) is 13.0 Å². The Bertz CT molecular complexity index is 993. The van der Waals surface area contributed by atoms with E-state index in [9.17, 15) is 18.0 Å². The fraction of sp³-hybridized carbons (Fsp3) is 0.333. The van der Waals surface area contributed by atoms with Crippen LogP contribution in [0.3, 0.4) is 0 Å². The number of nitrogens with zero attached hydrogens (tertiary/aromatic N) is 4. The molecule has 1 atom stereocenters. The second-order valence-electron chi connectivity index (χ2n) is 6.24. The van der Waals surface area contributed by atoms with Crippen molar-refractivity contribution in [2.24, 2.45) is 7.05 Å². The predicted molar refractivity (Wildman–Crippen MR) is 93.2 cm³/mol. The maximum atomic E-state index is 12.8. The molecule has 3 heterocycles. The molecule has 0 saturated carbocycles. The highest BCUT2D eigenvalue weighted by atomic mass is 19.4. The number of pyridine rings is 1. The van der Waals surface area contributed by atoms with E-state index in [1.54, 1.807) is 25.3 Å². The molecule has 3 rings (SSSR count). The van der Waals surface area contributed by atoms with Gasteiger partial charge in [0.1, 0.15) is 11.4 Å². The van der Waals surface area contributed by atoms with Crippen molar-refractivity contribution in [2.75, 3.05) is 0 Å². The van der Waals surface area contributed by atoms with Crippen molar-refractivity contribution in [3.05, 3.63) is 53.3 Å². The molecule has 1 unspecified atom stereocenters. The third-order valence-electron chi connectivity index (χ3n) is 4.18. The summed E-state index contributed by atoms with van der Waals surface area (Å²) in [6.07, 6.45) is -2.17. The van der Waals surface area contributed by atoms with Gasteiger partial charge in [-0.05, 0) is 25.5 Å². The van der Waals surface area contributed by atoms with Gasteiger partial charge in [0.25, 0.3) is 5.91 Å². The number of hydrogen-bond donors (Lipinski definition) is 1. The average molecular weight is 393 g/mol. The fourth-order valence-electron chi connectivity index (χ4n) is 2.62. The monoisotopic (exact) mass is 393 g/mol. The number of hydrogen-bond acceptors (Lipinski definition) is 5. The molecule has 0 bridgehead atoms. The lowest BCUT2D eigenvalue weighted by atomic mass is 10.1. The number of alkyl halides is 3. The fourth-order valence-corrected chi connectivity index (χ4v) is 2.62. The molecule has 0 aliphatic carbocycles. The molecule has 10 heteroatoms. The van der Waals surface area contributed by atoms with Gasteiger partial charge in [-0.25, -0.2) is 0 Å². The van der Waals surface area contributed by atoms with Gasteiger partial charge in [0.05, 0.1) is 6.04 Å². The topological polar surface area (TPSA) is 85.8 Å². The van der Waals surface area contributed by atoms with Crippen molar-refractivity contribution in [1.29, 1.82) is 0 Å². The molecule has 0 saturated heterocycles. The van der Waals surface area contributed by atoms with E-state index >= 15 is 0 Å². The quantitative estimate of drug-likeness (QED) is 0.717. The van der Waals surface area contributed by atoms with E-state index < -0.39 is 23.8 Å². The zero-order valence-electron chi connectivity index (χ0n) is 15.4. The van der Waals surface area contributed by atoms with Crippen molar-refractivity contribution in [3.8, 4) is 11.3 Å². The van der Waals surface area contributed by atoms with Crippen LogP contribution in [0, 0.1) is 0 Å². The average Bonchev–Trinajstić information content (AvgIpc) is 3.28. The van der Waals surface area contributed by atoms with E-state index in [1.165, 1.54) is 7.05 Å². The number of carbonyl (C=O) groups is 1. The molecular formula is C18H18F3N5O2. The summed E-state index contributed by atoms with van der Waals surface area (Å²) < 4.78 is 44.4. The van der Waals surface area contributed by atoms with Crippen LogP contribution in [0.2, 0.25) is 0 Å². The van der Waals surface area contributed by atoms with Gasteiger partial charge in [-0.1, -0.05) is 12.1 Å². The normalized spacial score (nSPS) is 12.8. The lowest BCUT2D eigenvalue weighted by Gasteiger charge is -2.10. The molecule has 28 heavy (non-hydrogen) atoms. The zero-order valence-corrected chi connectivity index (χ0v) is 15.4. The highest BCUT2D eigenvalue weighted by Gasteiger charge is 2.35. The summed E-state index contributed by atoms with van der Waals surface area (Å²) in [4.78, 5) is 16.6. The first-order valence-electron chi connectivity index (χ1n) is 8.53. The summed E-state index contributed by atoms with van der Waals surface area (Å²) in [5.41, 5.74) is 0.967. The molecule has 1 N–H and O–H groups in total. The van der Waals surface area contributed by atoms with Gasteiger partial charge in [0, 0.05) is 36.6 Å². The van der Waals surface area contributed by atoms with Crippen LogP contribution in [0.1, 0.15) is 47.5 Å². The molecule has 3 aromatic heterocycles. The zero-order chi connectivity index (χ0) is 20.5. The molecular weight excluding hydrogens is 375 g/mol. The van der Waals surface area contributed by atoms with Crippen LogP contribution in [0.25, 0.3) is 11.3 Å². The van der Waals surface area contributed by atoms with Crippen LogP contribution in [0.15, 0.2) is 35.0 Å². The molecule has 0 aromatic carbocycles. The SMILES string of the molecule is CCc1cc(-c2cc(C(C)NC(=O)c3cc(C(F)(F)F)nn3C)on2)ccn1. The third-order valence-corrected chi connectivity index (χ3v) is 4.18. The number of carbonyl (C=O) groups excluding carboxylic acids is 1. The van der Waals surface area contributed by atoms with Gasteiger partial charge in [0.15, 0.2) is 11.5 Å². The molecule has 148 valence electrons. The first kappa shape index (κ1) is 19.6. The van der Waals surface area contributed by atoms with Gasteiger partial charge in [-0.2, -0.15) is 18.3 Å². The van der Waals surface area contributed by atoms with Gasteiger partial charge < -0.3 is 9.84 Å². The summed E-state index contributed by atoms with van der Waals surface area (Å²) in [5, 5.41) is 9.92. The predicted octanol–water partition coefficient (Wildman–Crippen LogP) is 3.54. The second kappa shape index (κ2) is 7.45. The Balaban J connectivity index is 1.75. The van der Waals surface area contributed by atoms with Gasteiger partial charge in [-0.15, -0.1) is 0 Å². The van der Waals surface area contributed by atoms with E-state index in [4.69, 9.17) is 4.52 Å². The summed E-state index contributed by atoms with van der Waals surface area (Å²) in [7, 11) is 1.27. The number of amides is 1. The maximum absolute atomic E-state index is 12.8. The minimum absolute atomic E-state index is 0.208. The maximum Gasteiger partial charge on any atom is 0.435 e. The number of halogens is 3. The van der Waals surface area contributed by atoms with Crippen LogP contribution >= 0.6 is 0 Å². The molecule has 0 spiro atoms. The molecule has 0 aliphatic heterocycles. The van der Waals surface area contributed by atoms with E-state index in [-0.39, 0.29) is 5.69 Å². The summed E-state index contributed by atoms with van der Waals surface area (Å²) >= 11 is 0. The minimum atomic E-state index is -4.62. The Hall–Kier alpha value is -3.17. The largest absolute Gasteiger partial charge is 0.435 e. The van der Waals surface area contributed by atoms with Gasteiger partial charge >= 0.3 is 6.18 Å².